The smallest absolute Gasteiger partial charge is 0.120 e. The van der Waals surface area contributed by atoms with E-state index in [1.807, 2.05) is 24.3 Å². The van der Waals surface area contributed by atoms with Crippen molar-refractivity contribution in [2.45, 2.75) is 32.8 Å². The highest BCUT2D eigenvalue weighted by molar-refractivity contribution is 9.10. The molecule has 0 spiro atoms. The third-order valence-corrected chi connectivity index (χ3v) is 3.51. The summed E-state index contributed by atoms with van der Waals surface area (Å²) in [5, 5.41) is 0. The topological polar surface area (TPSA) is 9.23 Å². The Labute approximate surface area is 123 Å². The lowest BCUT2D eigenvalue weighted by molar-refractivity contribution is 0.306. The van der Waals surface area contributed by atoms with E-state index in [4.69, 9.17) is 4.74 Å². The molecule has 0 aliphatic heterocycles. The molecule has 0 N–H and O–H groups in total. The molecule has 0 saturated heterocycles. The van der Waals surface area contributed by atoms with Crippen LogP contribution in [0.2, 0.25) is 0 Å². The van der Waals surface area contributed by atoms with Crippen LogP contribution in [-0.4, -0.2) is 0 Å². The van der Waals surface area contributed by atoms with Gasteiger partial charge >= 0.3 is 0 Å². The molecular formula is C17H19BrO. The maximum Gasteiger partial charge on any atom is 0.120 e. The van der Waals surface area contributed by atoms with Crippen molar-refractivity contribution >= 4 is 15.9 Å². The average Bonchev–Trinajstić information content (AvgIpc) is 2.36. The van der Waals surface area contributed by atoms with E-state index in [0.29, 0.717) is 6.61 Å². The van der Waals surface area contributed by atoms with Gasteiger partial charge in [-0.3, -0.25) is 0 Å². The van der Waals surface area contributed by atoms with Gasteiger partial charge < -0.3 is 4.74 Å². The zero-order chi connectivity index (χ0) is 13.9. The summed E-state index contributed by atoms with van der Waals surface area (Å²) in [6, 6.07) is 16.5. The van der Waals surface area contributed by atoms with Crippen LogP contribution in [0, 0.1) is 0 Å². The second-order valence-corrected chi connectivity index (χ2v) is 6.61. The van der Waals surface area contributed by atoms with Gasteiger partial charge in [-0.15, -0.1) is 0 Å². The minimum absolute atomic E-state index is 0.198. The average molecular weight is 319 g/mol. The number of hydrogen-bond donors (Lipinski definition) is 0. The molecule has 0 fully saturated rings. The first-order valence-electron chi connectivity index (χ1n) is 6.43. The summed E-state index contributed by atoms with van der Waals surface area (Å²) in [4.78, 5) is 0. The van der Waals surface area contributed by atoms with Gasteiger partial charge in [0, 0.05) is 4.47 Å². The van der Waals surface area contributed by atoms with Crippen LogP contribution < -0.4 is 4.74 Å². The van der Waals surface area contributed by atoms with E-state index in [2.05, 4.69) is 61.0 Å². The standard InChI is InChI=1S/C17H19BrO/c1-17(2,3)14-9-7-13(8-10-14)12-19-16-6-4-5-15(18)11-16/h4-11H,12H2,1-3H3. The Bertz CT molecular complexity index is 538. The predicted octanol–water partition coefficient (Wildman–Crippen LogP) is 5.33. The van der Waals surface area contributed by atoms with E-state index in [-0.39, 0.29) is 5.41 Å². The molecule has 0 amide bonds. The van der Waals surface area contributed by atoms with Gasteiger partial charge in [0.15, 0.2) is 0 Å². The van der Waals surface area contributed by atoms with Gasteiger partial charge in [-0.1, -0.05) is 67.0 Å². The van der Waals surface area contributed by atoms with Gasteiger partial charge in [0.05, 0.1) is 0 Å². The van der Waals surface area contributed by atoms with Crippen LogP contribution in [-0.2, 0) is 12.0 Å². The Morgan fingerprint density at radius 1 is 1.00 bits per heavy atom. The van der Waals surface area contributed by atoms with Crippen molar-refractivity contribution in [2.24, 2.45) is 0 Å². The Balaban J connectivity index is 2.01. The van der Waals surface area contributed by atoms with Crippen molar-refractivity contribution in [1.29, 1.82) is 0 Å². The summed E-state index contributed by atoms with van der Waals surface area (Å²) in [5.41, 5.74) is 2.73. The highest BCUT2D eigenvalue weighted by atomic mass is 79.9. The number of halogens is 1. The predicted molar refractivity (Wildman–Crippen MR) is 83.6 cm³/mol. The highest BCUT2D eigenvalue weighted by Gasteiger charge is 2.12. The molecular weight excluding hydrogens is 300 g/mol. The van der Waals surface area contributed by atoms with Crippen molar-refractivity contribution in [3.05, 3.63) is 64.1 Å². The van der Waals surface area contributed by atoms with E-state index < -0.39 is 0 Å². The maximum atomic E-state index is 5.77. The van der Waals surface area contributed by atoms with E-state index >= 15 is 0 Å². The Kier molecular flexibility index (Phi) is 4.31. The molecule has 0 saturated carbocycles. The number of benzene rings is 2. The fourth-order valence-electron chi connectivity index (χ4n) is 1.82. The lowest BCUT2D eigenvalue weighted by atomic mass is 9.87. The van der Waals surface area contributed by atoms with E-state index in [1.54, 1.807) is 0 Å². The molecule has 0 bridgehead atoms. The van der Waals surface area contributed by atoms with E-state index in [9.17, 15) is 0 Å². The quantitative estimate of drug-likeness (QED) is 0.743. The van der Waals surface area contributed by atoms with Gasteiger partial charge in [0.2, 0.25) is 0 Å². The van der Waals surface area contributed by atoms with Crippen LogP contribution in [0.4, 0.5) is 0 Å². The molecule has 2 rings (SSSR count). The molecule has 0 heterocycles. The van der Waals surface area contributed by atoms with Crippen LogP contribution >= 0.6 is 15.9 Å². The summed E-state index contributed by atoms with van der Waals surface area (Å²) >= 11 is 3.44. The van der Waals surface area contributed by atoms with Crippen LogP contribution in [0.1, 0.15) is 31.9 Å². The van der Waals surface area contributed by atoms with Crippen molar-refractivity contribution in [2.75, 3.05) is 0 Å². The van der Waals surface area contributed by atoms with Crippen molar-refractivity contribution < 1.29 is 4.74 Å². The maximum absolute atomic E-state index is 5.77. The molecule has 0 aromatic heterocycles. The number of hydrogen-bond acceptors (Lipinski definition) is 1. The minimum atomic E-state index is 0.198. The lowest BCUT2D eigenvalue weighted by Crippen LogP contribution is -2.10. The summed E-state index contributed by atoms with van der Waals surface area (Å²) in [5.74, 6) is 0.884. The number of ether oxygens (including phenoxy) is 1. The normalized spacial score (nSPS) is 11.4. The van der Waals surface area contributed by atoms with E-state index in [0.717, 1.165) is 10.2 Å². The first kappa shape index (κ1) is 14.1. The Morgan fingerprint density at radius 3 is 2.26 bits per heavy atom. The van der Waals surface area contributed by atoms with E-state index in [1.165, 1.54) is 11.1 Å². The molecule has 0 unspecified atom stereocenters. The zero-order valence-electron chi connectivity index (χ0n) is 11.6. The first-order valence-corrected chi connectivity index (χ1v) is 7.22. The molecule has 0 aliphatic carbocycles. The minimum Gasteiger partial charge on any atom is -0.489 e. The van der Waals surface area contributed by atoms with Crippen LogP contribution in [0.15, 0.2) is 53.0 Å². The SMILES string of the molecule is CC(C)(C)c1ccc(COc2cccc(Br)c2)cc1. The summed E-state index contributed by atoms with van der Waals surface area (Å²) in [6.07, 6.45) is 0. The highest BCUT2D eigenvalue weighted by Crippen LogP contribution is 2.23. The van der Waals surface area contributed by atoms with Gasteiger partial charge in [0.25, 0.3) is 0 Å². The molecule has 0 atom stereocenters. The van der Waals surface area contributed by atoms with Crippen LogP contribution in [0.25, 0.3) is 0 Å². The monoisotopic (exact) mass is 318 g/mol. The fraction of sp³-hybridized carbons (Fsp3) is 0.294. The second-order valence-electron chi connectivity index (χ2n) is 5.69. The molecule has 2 aromatic carbocycles. The van der Waals surface area contributed by atoms with Crippen LogP contribution in [0.5, 0.6) is 5.75 Å². The third kappa shape index (κ3) is 4.10. The number of rotatable bonds is 3. The summed E-state index contributed by atoms with van der Waals surface area (Å²) < 4.78 is 6.80. The molecule has 0 aliphatic rings. The molecule has 0 radical (unpaired) electrons. The summed E-state index contributed by atoms with van der Waals surface area (Å²) in [7, 11) is 0. The van der Waals surface area contributed by atoms with Crippen LogP contribution in [0.3, 0.4) is 0 Å². The summed E-state index contributed by atoms with van der Waals surface area (Å²) in [6.45, 7) is 7.26. The van der Waals surface area contributed by atoms with Gasteiger partial charge in [-0.2, -0.15) is 0 Å². The Morgan fingerprint density at radius 2 is 1.68 bits per heavy atom. The largest absolute Gasteiger partial charge is 0.489 e. The zero-order valence-corrected chi connectivity index (χ0v) is 13.2. The van der Waals surface area contributed by atoms with Gasteiger partial charge in [0.1, 0.15) is 12.4 Å². The molecule has 1 nitrogen and oxygen atoms in total. The lowest BCUT2D eigenvalue weighted by Gasteiger charge is -2.19. The molecule has 2 heteroatoms. The van der Waals surface area contributed by atoms with Gasteiger partial charge in [-0.05, 0) is 34.7 Å². The van der Waals surface area contributed by atoms with Gasteiger partial charge in [-0.25, -0.2) is 0 Å². The molecule has 100 valence electrons. The third-order valence-electron chi connectivity index (χ3n) is 3.02. The molecule has 19 heavy (non-hydrogen) atoms. The first-order chi connectivity index (χ1) is 8.95. The van der Waals surface area contributed by atoms with Crippen molar-refractivity contribution in [3.8, 4) is 5.75 Å². The Hall–Kier alpha value is -1.28. The fourth-order valence-corrected chi connectivity index (χ4v) is 2.20. The van der Waals surface area contributed by atoms with Crippen molar-refractivity contribution in [3.63, 3.8) is 0 Å². The van der Waals surface area contributed by atoms with Crippen molar-refractivity contribution in [1.82, 2.24) is 0 Å². The molecule has 2 aromatic rings. The second kappa shape index (κ2) is 5.79.